The zero-order valence-corrected chi connectivity index (χ0v) is 12.6. The van der Waals surface area contributed by atoms with Gasteiger partial charge in [0, 0.05) is 0 Å². The molecule has 0 unspecified atom stereocenters. The molecule has 0 aliphatic heterocycles. The van der Waals surface area contributed by atoms with Gasteiger partial charge in [0.1, 0.15) is 0 Å². The Hall–Kier alpha value is 2.41. The highest BCUT2D eigenvalue weighted by Crippen LogP contribution is 2.49. The molecule has 0 N–H and O–H groups in total. The third-order valence-corrected chi connectivity index (χ3v) is 17.1. The predicted octanol–water partition coefficient (Wildman–Crippen LogP) is 4.03. The number of hydrogen-bond donors (Lipinski definition) is 0. The molecule has 0 saturated carbocycles. The van der Waals surface area contributed by atoms with Crippen LogP contribution >= 0.6 is 65.4 Å². The lowest BCUT2D eigenvalue weighted by Gasteiger charge is -2.26. The Labute approximate surface area is 90.2 Å². The number of hydrogen-bond acceptors (Lipinski definition) is 0. The van der Waals surface area contributed by atoms with Crippen molar-refractivity contribution in [1.82, 2.24) is 0 Å². The molecule has 50 valence electrons. The summed E-state index contributed by atoms with van der Waals surface area (Å²) in [6.07, 6.45) is 0. The van der Waals surface area contributed by atoms with E-state index in [1.807, 2.05) is 0 Å². The molecule has 0 aromatic carbocycles. The van der Waals surface area contributed by atoms with Gasteiger partial charge in [-0.05, 0) is 5.04 Å². The van der Waals surface area contributed by atoms with Crippen LogP contribution in [0.3, 0.4) is 0 Å². The summed E-state index contributed by atoms with van der Waals surface area (Å²) in [5, 5.41) is 0.536. The van der Waals surface area contributed by atoms with Crippen LogP contribution in [0.15, 0.2) is 0 Å². The van der Waals surface area contributed by atoms with E-state index in [1.54, 1.807) is 0 Å². The first-order valence-electron chi connectivity index (χ1n) is 2.32. The molecular weight excluding hydrogens is 457 g/mol. The Morgan fingerprint density at radius 2 is 1.12 bits per heavy atom. The molecule has 4 heteroatoms. The van der Waals surface area contributed by atoms with Crippen molar-refractivity contribution < 1.29 is 0 Å². The van der Waals surface area contributed by atoms with Crippen molar-refractivity contribution in [3.63, 3.8) is 0 Å². The maximum atomic E-state index is 2.60. The van der Waals surface area contributed by atoms with Gasteiger partial charge in [-0.15, -0.1) is 0 Å². The lowest BCUT2D eigenvalue weighted by atomic mass is 10.3. The molecule has 0 aromatic heterocycles. The summed E-state index contributed by atoms with van der Waals surface area (Å²) in [6.45, 7) is 6.93. The van der Waals surface area contributed by atoms with Gasteiger partial charge in [-0.2, -0.15) is 0 Å². The van der Waals surface area contributed by atoms with Gasteiger partial charge in [-0.1, -0.05) is 86.2 Å². The van der Waals surface area contributed by atoms with Crippen molar-refractivity contribution in [3.05, 3.63) is 0 Å². The van der Waals surface area contributed by atoms with Crippen LogP contribution in [0.25, 0.3) is 0 Å². The normalized spacial score (nSPS) is 14.2. The fraction of sp³-hybridized carbons (Fsp3) is 1.00. The van der Waals surface area contributed by atoms with Gasteiger partial charge in [-0.3, -0.25) is 0 Å². The highest BCUT2D eigenvalue weighted by Gasteiger charge is 2.36. The van der Waals surface area contributed by atoms with Crippen LogP contribution in [0.1, 0.15) is 20.8 Å². The average molecular weight is 466 g/mol. The van der Waals surface area contributed by atoms with Crippen molar-refractivity contribution in [3.8, 4) is 0 Å². The highest BCUT2D eigenvalue weighted by atomic mass is 127. The van der Waals surface area contributed by atoms with Gasteiger partial charge in [0.25, 0.3) is 0.564 Å². The standard InChI is InChI=1S/C4H9I3Si/c1-4(2,3)8(5,6)7/h1-3H3. The summed E-state index contributed by atoms with van der Waals surface area (Å²) in [7, 11) is 0. The molecule has 0 nitrogen and oxygen atoms in total. The molecule has 8 heavy (non-hydrogen) atoms. The monoisotopic (exact) mass is 466 g/mol. The Morgan fingerprint density at radius 1 is 1.00 bits per heavy atom. The van der Waals surface area contributed by atoms with Crippen LogP contribution < -0.4 is 0 Å². The third-order valence-electron chi connectivity index (χ3n) is 0.850. The van der Waals surface area contributed by atoms with Gasteiger partial charge in [-0.25, -0.2) is 0 Å². The van der Waals surface area contributed by atoms with Crippen molar-refractivity contribution >= 4 is 66.0 Å². The largest absolute Gasteiger partial charge is 0.258 e. The van der Waals surface area contributed by atoms with Gasteiger partial charge >= 0.3 is 0 Å². The minimum Gasteiger partial charge on any atom is -0.0904 e. The molecule has 0 fully saturated rings. The average Bonchev–Trinajstić information content (AvgIpc) is 1.25. The van der Waals surface area contributed by atoms with E-state index in [9.17, 15) is 0 Å². The van der Waals surface area contributed by atoms with Crippen molar-refractivity contribution in [2.45, 2.75) is 25.8 Å². The van der Waals surface area contributed by atoms with E-state index in [0.717, 1.165) is 0 Å². The van der Waals surface area contributed by atoms with E-state index >= 15 is 0 Å². The quantitative estimate of drug-likeness (QED) is 0.288. The second-order valence-corrected chi connectivity index (χ2v) is 38.4. The van der Waals surface area contributed by atoms with E-state index in [0.29, 0.717) is 5.04 Å². The lowest BCUT2D eigenvalue weighted by molar-refractivity contribution is 0.762. The van der Waals surface area contributed by atoms with Crippen molar-refractivity contribution in [2.75, 3.05) is 0 Å². The molecule has 0 aliphatic carbocycles. The van der Waals surface area contributed by atoms with E-state index in [-0.39, 0.29) is 0 Å². The Kier molecular flexibility index (Phi) is 4.17. The van der Waals surface area contributed by atoms with Gasteiger partial charge in [0.2, 0.25) is 0 Å². The maximum absolute atomic E-state index is 2.60. The van der Waals surface area contributed by atoms with Crippen LogP contribution in [0.5, 0.6) is 0 Å². The van der Waals surface area contributed by atoms with Gasteiger partial charge in [0.05, 0.1) is 0 Å². The van der Waals surface area contributed by atoms with E-state index in [4.69, 9.17) is 0 Å². The smallest absolute Gasteiger partial charge is 0.0904 e. The lowest BCUT2D eigenvalue weighted by Crippen LogP contribution is -2.21. The summed E-state index contributed by atoms with van der Waals surface area (Å²) in [5.41, 5.74) is 0. The van der Waals surface area contributed by atoms with E-state index < -0.39 is 0.564 Å². The van der Waals surface area contributed by atoms with Crippen molar-refractivity contribution in [1.29, 1.82) is 0 Å². The zero-order valence-electron chi connectivity index (χ0n) is 5.13. The van der Waals surface area contributed by atoms with Crippen LogP contribution in [0.4, 0.5) is 0 Å². The van der Waals surface area contributed by atoms with Gasteiger partial charge < -0.3 is 0 Å². The Bertz CT molecular complexity index is 66.3. The molecule has 0 rings (SSSR count). The second-order valence-electron chi connectivity index (χ2n) is 2.75. The van der Waals surface area contributed by atoms with Crippen LogP contribution in [0, 0.1) is 0 Å². The molecule has 0 saturated heterocycles. The summed E-state index contributed by atoms with van der Waals surface area (Å²) in [6, 6.07) is 0. The zero-order chi connectivity index (χ0) is 7.00. The molecular formula is C4H9I3Si. The molecule has 0 amide bonds. The summed E-state index contributed by atoms with van der Waals surface area (Å²) in [5.74, 6) is 0. The summed E-state index contributed by atoms with van der Waals surface area (Å²) < 4.78 is -0.949. The van der Waals surface area contributed by atoms with Crippen molar-refractivity contribution in [2.24, 2.45) is 0 Å². The molecule has 0 radical (unpaired) electrons. The maximum Gasteiger partial charge on any atom is 0.258 e. The first kappa shape index (κ1) is 10.4. The SMILES string of the molecule is CC(C)(C)[Si](I)(I)I. The van der Waals surface area contributed by atoms with Crippen LogP contribution in [-0.2, 0) is 0 Å². The van der Waals surface area contributed by atoms with E-state index in [2.05, 4.69) is 86.2 Å². The minimum absolute atomic E-state index is 0.536. The Morgan fingerprint density at radius 3 is 1.12 bits per heavy atom. The molecule has 0 aromatic rings. The first-order valence-corrected chi connectivity index (χ1v) is 13.7. The molecule has 0 aliphatic rings. The molecule has 0 bridgehead atoms. The minimum atomic E-state index is -0.949. The summed E-state index contributed by atoms with van der Waals surface area (Å²) >= 11 is 7.79. The molecule has 0 heterocycles. The molecule has 0 atom stereocenters. The first-order chi connectivity index (χ1) is 3.25. The fourth-order valence-corrected chi connectivity index (χ4v) is 0. The fourth-order valence-electron chi connectivity index (χ4n) is 0. The topological polar surface area (TPSA) is 0 Å². The van der Waals surface area contributed by atoms with E-state index in [1.165, 1.54) is 0 Å². The Balaban J connectivity index is 4.02. The van der Waals surface area contributed by atoms with Crippen LogP contribution in [-0.4, -0.2) is 0.564 Å². The summed E-state index contributed by atoms with van der Waals surface area (Å²) in [4.78, 5) is 0. The van der Waals surface area contributed by atoms with Gasteiger partial charge in [0.15, 0.2) is 0 Å². The van der Waals surface area contributed by atoms with Crippen LogP contribution in [0.2, 0.25) is 5.04 Å². The third kappa shape index (κ3) is 3.54. The predicted molar refractivity (Wildman–Crippen MR) is 67.5 cm³/mol. The number of halogens is 3. The number of rotatable bonds is 0. The molecule has 0 spiro atoms. The second kappa shape index (κ2) is 3.20. The highest BCUT2D eigenvalue weighted by molar-refractivity contribution is 14.4.